The van der Waals surface area contributed by atoms with Crippen molar-refractivity contribution in [3.63, 3.8) is 0 Å². The van der Waals surface area contributed by atoms with Crippen molar-refractivity contribution < 1.29 is 4.79 Å². The Morgan fingerprint density at radius 1 is 0.769 bits per heavy atom. The molecule has 3 aromatic carbocycles. The summed E-state index contributed by atoms with van der Waals surface area (Å²) in [6, 6.07) is 24.0. The number of benzene rings is 3. The van der Waals surface area contributed by atoms with Gasteiger partial charge in [0.25, 0.3) is 0 Å². The molecule has 0 aromatic heterocycles. The number of rotatable bonds is 1. The molecule has 1 unspecified atom stereocenters. The zero-order valence-electron chi connectivity index (χ0n) is 14.4. The number of anilines is 2. The molecule has 3 nitrogen and oxygen atoms in total. The van der Waals surface area contributed by atoms with Gasteiger partial charge in [0.2, 0.25) is 0 Å². The Morgan fingerprint density at radius 2 is 1.42 bits per heavy atom. The molecule has 0 fully saturated rings. The number of aryl methyl sites for hydroxylation is 1. The lowest BCUT2D eigenvalue weighted by molar-refractivity contribution is 0.103. The predicted octanol–water partition coefficient (Wildman–Crippen LogP) is 5.18. The number of para-hydroxylation sites is 2. The maximum atomic E-state index is 13.3. The first kappa shape index (κ1) is 15.0. The number of carbonyl (C=O) groups excluding carboxylic acids is 1. The van der Waals surface area contributed by atoms with Crippen molar-refractivity contribution in [2.75, 3.05) is 10.6 Å². The molecule has 2 aliphatic rings. The van der Waals surface area contributed by atoms with Crippen LogP contribution in [0.1, 0.15) is 33.1 Å². The van der Waals surface area contributed by atoms with Crippen molar-refractivity contribution in [3.8, 4) is 0 Å². The van der Waals surface area contributed by atoms with Crippen LogP contribution in [0.4, 0.5) is 11.4 Å². The van der Waals surface area contributed by atoms with Crippen molar-refractivity contribution in [2.24, 2.45) is 0 Å². The van der Waals surface area contributed by atoms with Gasteiger partial charge in [0.05, 0.1) is 28.7 Å². The summed E-state index contributed by atoms with van der Waals surface area (Å²) in [7, 11) is 0. The molecule has 0 saturated carbocycles. The fourth-order valence-electron chi connectivity index (χ4n) is 3.94. The van der Waals surface area contributed by atoms with Crippen LogP contribution in [0.3, 0.4) is 0 Å². The Balaban J connectivity index is 1.78. The lowest BCUT2D eigenvalue weighted by atomic mass is 9.92. The van der Waals surface area contributed by atoms with E-state index < -0.39 is 0 Å². The number of fused-ring (bicyclic) bond motifs is 3. The molecule has 126 valence electrons. The molecule has 3 aromatic rings. The topological polar surface area (TPSA) is 41.1 Å². The summed E-state index contributed by atoms with van der Waals surface area (Å²) in [6.45, 7) is 2.09. The zero-order chi connectivity index (χ0) is 17.7. The number of ketones is 1. The summed E-state index contributed by atoms with van der Waals surface area (Å²) in [5.41, 5.74) is 7.73. The van der Waals surface area contributed by atoms with Crippen LogP contribution in [0.25, 0.3) is 5.70 Å². The molecule has 3 heteroatoms. The molecule has 0 radical (unpaired) electrons. The van der Waals surface area contributed by atoms with Gasteiger partial charge < -0.3 is 10.6 Å². The van der Waals surface area contributed by atoms with E-state index in [4.69, 9.17) is 0 Å². The average Bonchev–Trinajstić information content (AvgIpc) is 2.84. The van der Waals surface area contributed by atoms with Gasteiger partial charge in [0.1, 0.15) is 0 Å². The summed E-state index contributed by atoms with van der Waals surface area (Å²) < 4.78 is 0. The van der Waals surface area contributed by atoms with E-state index in [1.54, 1.807) is 0 Å². The molecule has 0 spiro atoms. The van der Waals surface area contributed by atoms with Crippen molar-refractivity contribution >= 4 is 22.9 Å². The van der Waals surface area contributed by atoms with E-state index in [9.17, 15) is 4.79 Å². The first-order chi connectivity index (χ1) is 12.7. The van der Waals surface area contributed by atoms with E-state index in [-0.39, 0.29) is 11.8 Å². The summed E-state index contributed by atoms with van der Waals surface area (Å²) in [5, 5.41) is 7.14. The average molecular weight is 338 g/mol. The van der Waals surface area contributed by atoms with Gasteiger partial charge in [-0.05, 0) is 30.2 Å². The quantitative estimate of drug-likeness (QED) is 0.642. The monoisotopic (exact) mass is 338 g/mol. The van der Waals surface area contributed by atoms with E-state index in [1.165, 1.54) is 5.56 Å². The third-order valence-corrected chi connectivity index (χ3v) is 5.23. The molecule has 2 N–H and O–H groups in total. The highest BCUT2D eigenvalue weighted by Crippen LogP contribution is 2.45. The van der Waals surface area contributed by atoms with Gasteiger partial charge in [-0.25, -0.2) is 0 Å². The molecule has 0 saturated heterocycles. The Morgan fingerprint density at radius 3 is 2.23 bits per heavy atom. The van der Waals surface area contributed by atoms with Gasteiger partial charge >= 0.3 is 0 Å². The zero-order valence-corrected chi connectivity index (χ0v) is 14.4. The third-order valence-electron chi connectivity index (χ3n) is 5.23. The van der Waals surface area contributed by atoms with E-state index in [2.05, 4.69) is 29.7 Å². The van der Waals surface area contributed by atoms with Gasteiger partial charge in [0.15, 0.2) is 5.78 Å². The smallest absolute Gasteiger partial charge is 0.194 e. The van der Waals surface area contributed by atoms with Gasteiger partial charge in [-0.15, -0.1) is 0 Å². The standard InChI is InChI=1S/C23H18N2O/c1-14-8-2-3-9-15(14)21-20-22(16-10-4-5-11-17(16)23(20)26)25-19-13-7-6-12-18(19)24-21/h2-13,21,24-25H,1H3. The number of carbonyl (C=O) groups is 1. The Bertz CT molecular complexity index is 1080. The van der Waals surface area contributed by atoms with E-state index in [0.29, 0.717) is 0 Å². The first-order valence-corrected chi connectivity index (χ1v) is 8.80. The molecule has 0 bridgehead atoms. The number of Topliss-reactive ketones (excluding diaryl/α,β-unsaturated/α-hetero) is 1. The van der Waals surface area contributed by atoms with Crippen molar-refractivity contribution in [2.45, 2.75) is 13.0 Å². The highest BCUT2D eigenvalue weighted by atomic mass is 16.1. The second kappa shape index (κ2) is 5.60. The highest BCUT2D eigenvalue weighted by Gasteiger charge is 2.37. The molecule has 1 atom stereocenters. The number of nitrogens with one attached hydrogen (secondary N) is 2. The second-order valence-corrected chi connectivity index (χ2v) is 6.77. The molecule has 1 aliphatic carbocycles. The summed E-state index contributed by atoms with van der Waals surface area (Å²) in [6.07, 6.45) is 0. The minimum Gasteiger partial charge on any atom is -0.372 e. The van der Waals surface area contributed by atoms with Crippen LogP contribution in [0.5, 0.6) is 0 Å². The maximum Gasteiger partial charge on any atom is 0.194 e. The third kappa shape index (κ3) is 2.10. The summed E-state index contributed by atoms with van der Waals surface area (Å²) >= 11 is 0. The van der Waals surface area contributed by atoms with Crippen LogP contribution in [0.2, 0.25) is 0 Å². The lowest BCUT2D eigenvalue weighted by Crippen LogP contribution is -2.18. The van der Waals surface area contributed by atoms with Crippen LogP contribution in [-0.4, -0.2) is 5.78 Å². The van der Waals surface area contributed by atoms with E-state index in [0.717, 1.165) is 39.3 Å². The van der Waals surface area contributed by atoms with E-state index in [1.807, 2.05) is 60.7 Å². The predicted molar refractivity (Wildman–Crippen MR) is 105 cm³/mol. The van der Waals surface area contributed by atoms with Crippen LogP contribution in [-0.2, 0) is 0 Å². The summed E-state index contributed by atoms with van der Waals surface area (Å²) in [5.74, 6) is 0.0941. The molecule has 1 heterocycles. The first-order valence-electron chi connectivity index (χ1n) is 8.80. The number of hydrogen-bond acceptors (Lipinski definition) is 3. The Kier molecular flexibility index (Phi) is 3.22. The molecular weight excluding hydrogens is 320 g/mol. The minimum atomic E-state index is -0.192. The second-order valence-electron chi connectivity index (χ2n) is 6.77. The highest BCUT2D eigenvalue weighted by molar-refractivity contribution is 6.23. The largest absolute Gasteiger partial charge is 0.372 e. The SMILES string of the molecule is Cc1ccccc1C1Nc2ccccc2NC2=C1C(=O)c1ccccc12. The van der Waals surface area contributed by atoms with Gasteiger partial charge in [-0.3, -0.25) is 4.79 Å². The number of hydrogen-bond donors (Lipinski definition) is 2. The van der Waals surface area contributed by atoms with Crippen LogP contribution in [0, 0.1) is 6.92 Å². The molecule has 5 rings (SSSR count). The molecular formula is C23H18N2O. The fraction of sp³-hybridized carbons (Fsp3) is 0.0870. The van der Waals surface area contributed by atoms with Gasteiger partial charge in [-0.2, -0.15) is 0 Å². The van der Waals surface area contributed by atoms with Crippen LogP contribution in [0.15, 0.2) is 78.4 Å². The molecule has 0 amide bonds. The van der Waals surface area contributed by atoms with Crippen molar-refractivity contribution in [3.05, 3.63) is 101 Å². The van der Waals surface area contributed by atoms with Crippen LogP contribution < -0.4 is 10.6 Å². The fourth-order valence-corrected chi connectivity index (χ4v) is 3.94. The van der Waals surface area contributed by atoms with Crippen molar-refractivity contribution in [1.82, 2.24) is 0 Å². The Hall–Kier alpha value is -3.33. The van der Waals surface area contributed by atoms with Gasteiger partial charge in [0, 0.05) is 11.1 Å². The normalized spacial score (nSPS) is 17.6. The lowest BCUT2D eigenvalue weighted by Gasteiger charge is -2.22. The van der Waals surface area contributed by atoms with Crippen molar-refractivity contribution in [1.29, 1.82) is 0 Å². The van der Waals surface area contributed by atoms with E-state index >= 15 is 0 Å². The maximum absolute atomic E-state index is 13.3. The van der Waals surface area contributed by atoms with Gasteiger partial charge in [-0.1, -0.05) is 60.7 Å². The summed E-state index contributed by atoms with van der Waals surface area (Å²) in [4.78, 5) is 13.3. The molecule has 1 aliphatic heterocycles. The molecule has 26 heavy (non-hydrogen) atoms. The Labute approximate surface area is 152 Å². The minimum absolute atomic E-state index is 0.0941. The van der Waals surface area contributed by atoms with Crippen LogP contribution >= 0.6 is 0 Å².